The summed E-state index contributed by atoms with van der Waals surface area (Å²) in [7, 11) is 0. The molecule has 0 aliphatic rings. The van der Waals surface area contributed by atoms with E-state index in [-0.39, 0.29) is 5.91 Å². The van der Waals surface area contributed by atoms with E-state index < -0.39 is 0 Å². The van der Waals surface area contributed by atoms with Crippen LogP contribution in [0.4, 0.5) is 5.82 Å². The Kier molecular flexibility index (Phi) is 5.59. The fraction of sp³-hybridized carbons (Fsp3) is 0.333. The van der Waals surface area contributed by atoms with Gasteiger partial charge in [0, 0.05) is 18.0 Å². The predicted octanol–water partition coefficient (Wildman–Crippen LogP) is 3.89. The van der Waals surface area contributed by atoms with Crippen LogP contribution in [0.3, 0.4) is 0 Å². The molecular formula is C15H18ClN3OS. The Morgan fingerprint density at radius 2 is 2.19 bits per heavy atom. The maximum absolute atomic E-state index is 12.6. The molecule has 0 atom stereocenters. The number of anilines is 1. The number of thiophene rings is 1. The second-order valence-electron chi connectivity index (χ2n) is 4.46. The number of hydrogen-bond acceptors (Lipinski definition) is 4. The van der Waals surface area contributed by atoms with Crippen molar-refractivity contribution in [2.75, 3.05) is 18.4 Å². The van der Waals surface area contributed by atoms with Gasteiger partial charge >= 0.3 is 0 Å². The second-order valence-corrected chi connectivity index (χ2v) is 5.90. The minimum Gasteiger partial charge on any atom is -0.370 e. The Bertz CT molecular complexity index is 601. The van der Waals surface area contributed by atoms with Gasteiger partial charge in [0.15, 0.2) is 0 Å². The minimum atomic E-state index is -0.143. The SMILES string of the molecule is CCNc1ccc(Cl)c(C(=O)N(CC)Cc2cccs2)n1. The van der Waals surface area contributed by atoms with Crippen molar-refractivity contribution in [3.8, 4) is 0 Å². The Hall–Kier alpha value is -1.59. The van der Waals surface area contributed by atoms with Crippen LogP contribution >= 0.6 is 22.9 Å². The van der Waals surface area contributed by atoms with Crippen molar-refractivity contribution in [2.45, 2.75) is 20.4 Å². The van der Waals surface area contributed by atoms with Crippen LogP contribution in [0.5, 0.6) is 0 Å². The molecule has 0 aromatic carbocycles. The zero-order valence-corrected chi connectivity index (χ0v) is 13.7. The standard InChI is InChI=1S/C15H18ClN3OS/c1-3-17-13-8-7-12(16)14(18-13)15(20)19(4-2)10-11-6-5-9-21-11/h5-9H,3-4,10H2,1-2H3,(H,17,18). The highest BCUT2D eigenvalue weighted by Crippen LogP contribution is 2.20. The molecule has 2 aromatic rings. The number of carbonyl (C=O) groups is 1. The van der Waals surface area contributed by atoms with Crippen LogP contribution in [-0.2, 0) is 6.54 Å². The topological polar surface area (TPSA) is 45.2 Å². The van der Waals surface area contributed by atoms with Crippen LogP contribution in [0.25, 0.3) is 0 Å². The van der Waals surface area contributed by atoms with Gasteiger partial charge in [0.2, 0.25) is 0 Å². The summed E-state index contributed by atoms with van der Waals surface area (Å²) >= 11 is 7.77. The number of amides is 1. The lowest BCUT2D eigenvalue weighted by Crippen LogP contribution is -2.31. The van der Waals surface area contributed by atoms with Gasteiger partial charge < -0.3 is 10.2 Å². The van der Waals surface area contributed by atoms with Crippen LogP contribution in [0, 0.1) is 0 Å². The van der Waals surface area contributed by atoms with Crippen LogP contribution in [-0.4, -0.2) is 28.9 Å². The lowest BCUT2D eigenvalue weighted by Gasteiger charge is -2.20. The molecule has 2 aromatic heterocycles. The van der Waals surface area contributed by atoms with Crippen LogP contribution < -0.4 is 5.32 Å². The van der Waals surface area contributed by atoms with E-state index in [2.05, 4.69) is 10.3 Å². The van der Waals surface area contributed by atoms with Crippen LogP contribution in [0.1, 0.15) is 29.2 Å². The van der Waals surface area contributed by atoms with Crippen molar-refractivity contribution < 1.29 is 4.79 Å². The largest absolute Gasteiger partial charge is 0.370 e. The number of aromatic nitrogens is 1. The molecule has 0 saturated heterocycles. The van der Waals surface area contributed by atoms with E-state index >= 15 is 0 Å². The zero-order chi connectivity index (χ0) is 15.2. The van der Waals surface area contributed by atoms with E-state index in [4.69, 9.17) is 11.6 Å². The molecule has 2 heterocycles. The molecule has 0 fully saturated rings. The first kappa shape index (κ1) is 15.8. The Morgan fingerprint density at radius 3 is 2.81 bits per heavy atom. The highest BCUT2D eigenvalue weighted by atomic mass is 35.5. The average molecular weight is 324 g/mol. The molecule has 4 nitrogen and oxygen atoms in total. The average Bonchev–Trinajstić information content (AvgIpc) is 2.99. The summed E-state index contributed by atoms with van der Waals surface area (Å²) in [6, 6.07) is 7.48. The molecular weight excluding hydrogens is 306 g/mol. The molecule has 0 aliphatic heterocycles. The third kappa shape index (κ3) is 3.95. The van der Waals surface area contributed by atoms with Gasteiger partial charge in [-0.3, -0.25) is 4.79 Å². The van der Waals surface area contributed by atoms with Gasteiger partial charge in [-0.2, -0.15) is 0 Å². The summed E-state index contributed by atoms with van der Waals surface area (Å²) < 4.78 is 0. The summed E-state index contributed by atoms with van der Waals surface area (Å²) in [6.45, 7) is 5.87. The normalized spacial score (nSPS) is 10.4. The number of pyridine rings is 1. The Labute approximate surface area is 133 Å². The molecule has 1 amide bonds. The van der Waals surface area contributed by atoms with Crippen molar-refractivity contribution in [2.24, 2.45) is 0 Å². The fourth-order valence-corrected chi connectivity index (χ4v) is 2.84. The molecule has 0 aliphatic carbocycles. The third-order valence-corrected chi connectivity index (χ3v) is 4.17. The van der Waals surface area contributed by atoms with Gasteiger partial charge in [-0.05, 0) is 37.4 Å². The van der Waals surface area contributed by atoms with E-state index in [1.807, 2.05) is 31.4 Å². The first-order valence-corrected chi connectivity index (χ1v) is 8.13. The highest BCUT2D eigenvalue weighted by Gasteiger charge is 2.20. The first-order valence-electron chi connectivity index (χ1n) is 6.87. The monoisotopic (exact) mass is 323 g/mol. The number of rotatable bonds is 6. The van der Waals surface area contributed by atoms with Gasteiger partial charge in [-0.25, -0.2) is 4.98 Å². The predicted molar refractivity (Wildman–Crippen MR) is 88.1 cm³/mol. The number of hydrogen-bond donors (Lipinski definition) is 1. The molecule has 0 spiro atoms. The number of carbonyl (C=O) groups excluding carboxylic acids is 1. The van der Waals surface area contributed by atoms with Gasteiger partial charge in [0.1, 0.15) is 11.5 Å². The van der Waals surface area contributed by atoms with Crippen molar-refractivity contribution in [1.82, 2.24) is 9.88 Å². The fourth-order valence-electron chi connectivity index (χ4n) is 1.94. The first-order chi connectivity index (χ1) is 10.2. The summed E-state index contributed by atoms with van der Waals surface area (Å²) in [5.74, 6) is 0.521. The molecule has 1 N–H and O–H groups in total. The molecule has 21 heavy (non-hydrogen) atoms. The summed E-state index contributed by atoms with van der Waals surface area (Å²) in [6.07, 6.45) is 0. The second kappa shape index (κ2) is 7.43. The van der Waals surface area contributed by atoms with Crippen molar-refractivity contribution in [3.05, 3.63) is 45.2 Å². The van der Waals surface area contributed by atoms with E-state index in [0.717, 1.165) is 11.4 Å². The zero-order valence-electron chi connectivity index (χ0n) is 12.1. The van der Waals surface area contributed by atoms with E-state index in [1.165, 1.54) is 0 Å². The Balaban J connectivity index is 2.22. The van der Waals surface area contributed by atoms with E-state index in [9.17, 15) is 4.79 Å². The number of nitrogens with zero attached hydrogens (tertiary/aromatic N) is 2. The van der Waals surface area contributed by atoms with Crippen molar-refractivity contribution in [3.63, 3.8) is 0 Å². The molecule has 2 rings (SSSR count). The van der Waals surface area contributed by atoms with E-state index in [1.54, 1.807) is 28.4 Å². The summed E-state index contributed by atoms with van der Waals surface area (Å²) in [5.41, 5.74) is 0.300. The molecule has 112 valence electrons. The maximum atomic E-state index is 12.6. The third-order valence-electron chi connectivity index (χ3n) is 3.00. The number of nitrogens with one attached hydrogen (secondary N) is 1. The molecule has 0 saturated carbocycles. The van der Waals surface area contributed by atoms with Crippen molar-refractivity contribution in [1.29, 1.82) is 0 Å². The molecule has 0 bridgehead atoms. The van der Waals surface area contributed by atoms with Gasteiger partial charge in [0.05, 0.1) is 11.6 Å². The van der Waals surface area contributed by atoms with Gasteiger partial charge in [-0.15, -0.1) is 11.3 Å². The van der Waals surface area contributed by atoms with Gasteiger partial charge in [-0.1, -0.05) is 17.7 Å². The maximum Gasteiger partial charge on any atom is 0.274 e. The van der Waals surface area contributed by atoms with Crippen LogP contribution in [0.2, 0.25) is 5.02 Å². The summed E-state index contributed by atoms with van der Waals surface area (Å²) in [4.78, 5) is 19.9. The smallest absolute Gasteiger partial charge is 0.274 e. The number of halogens is 1. The molecule has 6 heteroatoms. The van der Waals surface area contributed by atoms with E-state index in [0.29, 0.717) is 29.6 Å². The lowest BCUT2D eigenvalue weighted by molar-refractivity contribution is 0.0748. The van der Waals surface area contributed by atoms with Gasteiger partial charge in [0.25, 0.3) is 5.91 Å². The minimum absolute atomic E-state index is 0.143. The lowest BCUT2D eigenvalue weighted by atomic mass is 10.3. The van der Waals surface area contributed by atoms with Crippen molar-refractivity contribution >= 4 is 34.7 Å². The highest BCUT2D eigenvalue weighted by molar-refractivity contribution is 7.09. The van der Waals surface area contributed by atoms with Crippen LogP contribution in [0.15, 0.2) is 29.6 Å². The summed E-state index contributed by atoms with van der Waals surface area (Å²) in [5, 5.41) is 5.48. The Morgan fingerprint density at radius 1 is 1.38 bits per heavy atom. The quantitative estimate of drug-likeness (QED) is 0.877. The molecule has 0 unspecified atom stereocenters. The molecule has 0 radical (unpaired) electrons.